The number of rotatable bonds is 14. The van der Waals surface area contributed by atoms with Crippen molar-refractivity contribution in [3.63, 3.8) is 0 Å². The van der Waals surface area contributed by atoms with Crippen molar-refractivity contribution in [3.8, 4) is 0 Å². The summed E-state index contributed by atoms with van der Waals surface area (Å²) in [7, 11) is -0.328. The Morgan fingerprint density at radius 3 is 2.04 bits per heavy atom. The van der Waals surface area contributed by atoms with Crippen LogP contribution in [0.25, 0.3) is 0 Å². The molecule has 0 N–H and O–H groups in total. The highest BCUT2D eigenvalue weighted by molar-refractivity contribution is 6.67. The minimum atomic E-state index is -0.707. The van der Waals surface area contributed by atoms with E-state index in [1.165, 1.54) is 44.9 Å². The Balaban J connectivity index is 1.92. The van der Waals surface area contributed by atoms with Gasteiger partial charge in [-0.2, -0.15) is 0 Å². The second-order valence-corrected chi connectivity index (χ2v) is 11.3. The number of alkyl halides is 2. The molecule has 1 aromatic rings. The molecule has 2 unspecified atom stereocenters. The van der Waals surface area contributed by atoms with Crippen molar-refractivity contribution >= 4 is 38.0 Å². The minimum absolute atomic E-state index is 0.328. The summed E-state index contributed by atoms with van der Waals surface area (Å²) in [5, 5.41) is -0.279. The van der Waals surface area contributed by atoms with Gasteiger partial charge in [-0.05, 0) is 18.4 Å². The Bertz CT molecular complexity index is 482. The van der Waals surface area contributed by atoms with Gasteiger partial charge in [-0.25, -0.2) is 0 Å². The molecule has 147 valence electrons. The number of halogens is 2. The molecule has 0 bridgehead atoms. The van der Waals surface area contributed by atoms with Crippen molar-refractivity contribution in [2.75, 3.05) is 6.61 Å². The third-order valence-corrected chi connectivity index (χ3v) is 8.02. The zero-order valence-corrected chi connectivity index (χ0v) is 18.7. The van der Waals surface area contributed by atoms with E-state index < -0.39 is 5.38 Å². The molecule has 0 heterocycles. The van der Waals surface area contributed by atoms with Crippen molar-refractivity contribution in [2.45, 2.75) is 81.3 Å². The highest BCUT2D eigenvalue weighted by Gasteiger charge is 2.18. The van der Waals surface area contributed by atoms with Gasteiger partial charge in [0, 0.05) is 5.00 Å². The molecule has 0 saturated carbocycles. The van der Waals surface area contributed by atoms with Gasteiger partial charge >= 0.3 is 5.97 Å². The summed E-state index contributed by atoms with van der Waals surface area (Å²) in [4.78, 5) is 11.9. The molecule has 1 aromatic carbocycles. The fourth-order valence-electron chi connectivity index (χ4n) is 2.78. The van der Waals surface area contributed by atoms with Gasteiger partial charge in [0.25, 0.3) is 0 Å². The lowest BCUT2D eigenvalue weighted by Gasteiger charge is -2.11. The number of carbonyl (C=O) groups excluding carboxylic acids is 1. The standard InChI is InChI=1S/C21H33Cl2O2Si/c1-26(2)19(22)16-12-7-5-3-4-6-8-13-17-25-21(24)20(23)18-14-10-9-11-15-18/h9-11,14-15,19-20H,3-8,12-13,16-17H2,1-2H3. The first-order chi connectivity index (χ1) is 12.5. The van der Waals surface area contributed by atoms with E-state index in [0.29, 0.717) is 11.6 Å². The van der Waals surface area contributed by atoms with E-state index in [-0.39, 0.29) is 14.8 Å². The molecule has 2 nitrogen and oxygen atoms in total. The molecule has 0 amide bonds. The van der Waals surface area contributed by atoms with Crippen LogP contribution >= 0.6 is 23.2 Å². The Morgan fingerprint density at radius 1 is 0.923 bits per heavy atom. The van der Waals surface area contributed by atoms with Gasteiger partial charge in [-0.1, -0.05) is 88.4 Å². The molecule has 0 fully saturated rings. The Morgan fingerprint density at radius 2 is 1.46 bits per heavy atom. The Labute approximate surface area is 171 Å². The predicted octanol–water partition coefficient (Wildman–Crippen LogP) is 6.92. The molecule has 0 aliphatic rings. The van der Waals surface area contributed by atoms with Crippen LogP contribution in [0.15, 0.2) is 30.3 Å². The van der Waals surface area contributed by atoms with Gasteiger partial charge in [0.05, 0.1) is 15.4 Å². The van der Waals surface area contributed by atoms with E-state index >= 15 is 0 Å². The number of hydrogen-bond acceptors (Lipinski definition) is 2. The van der Waals surface area contributed by atoms with Crippen LogP contribution in [-0.2, 0) is 9.53 Å². The van der Waals surface area contributed by atoms with Crippen molar-refractivity contribution in [1.82, 2.24) is 0 Å². The van der Waals surface area contributed by atoms with E-state index in [2.05, 4.69) is 13.1 Å². The van der Waals surface area contributed by atoms with Crippen molar-refractivity contribution in [1.29, 1.82) is 0 Å². The number of benzene rings is 1. The Kier molecular flexibility index (Phi) is 13.2. The maximum absolute atomic E-state index is 11.9. The molecule has 26 heavy (non-hydrogen) atoms. The highest BCUT2D eigenvalue weighted by atomic mass is 35.5. The average Bonchev–Trinajstić information content (AvgIpc) is 2.65. The molecule has 0 aliphatic heterocycles. The summed E-state index contributed by atoms with van der Waals surface area (Å²) >= 11 is 12.4. The van der Waals surface area contributed by atoms with E-state index in [1.807, 2.05) is 30.3 Å². The summed E-state index contributed by atoms with van der Waals surface area (Å²) in [5.74, 6) is -0.348. The SMILES string of the molecule is C[Si](C)C(Cl)CCCCCCCCCCOC(=O)C(Cl)c1ccccc1. The lowest BCUT2D eigenvalue weighted by atomic mass is 10.1. The summed E-state index contributed by atoms with van der Waals surface area (Å²) in [6, 6.07) is 9.34. The second kappa shape index (κ2) is 14.5. The number of ether oxygens (including phenoxy) is 1. The summed E-state index contributed by atoms with van der Waals surface area (Å²) in [6.45, 7) is 5.03. The number of unbranched alkanes of at least 4 members (excludes halogenated alkanes) is 7. The van der Waals surface area contributed by atoms with Crippen molar-refractivity contribution < 1.29 is 9.53 Å². The van der Waals surface area contributed by atoms with Crippen molar-refractivity contribution in [3.05, 3.63) is 35.9 Å². The fourth-order valence-corrected chi connectivity index (χ4v) is 3.92. The summed E-state index contributed by atoms with van der Waals surface area (Å²) < 4.78 is 5.28. The molecule has 0 saturated heterocycles. The molecule has 5 heteroatoms. The van der Waals surface area contributed by atoms with Crippen LogP contribution in [0.5, 0.6) is 0 Å². The molecule has 0 spiro atoms. The van der Waals surface area contributed by atoms with Crippen LogP contribution in [0, 0.1) is 0 Å². The largest absolute Gasteiger partial charge is 0.464 e. The first kappa shape index (κ1) is 23.5. The summed E-state index contributed by atoms with van der Waals surface area (Å²) in [6.07, 6.45) is 10.8. The lowest BCUT2D eigenvalue weighted by molar-refractivity contribution is -0.143. The summed E-state index contributed by atoms with van der Waals surface area (Å²) in [5.41, 5.74) is 0.787. The first-order valence-electron chi connectivity index (χ1n) is 9.82. The van der Waals surface area contributed by atoms with Crippen molar-refractivity contribution in [2.24, 2.45) is 0 Å². The second-order valence-electron chi connectivity index (χ2n) is 7.10. The minimum Gasteiger partial charge on any atom is -0.464 e. The molecule has 1 radical (unpaired) electrons. The third kappa shape index (κ3) is 10.6. The maximum atomic E-state index is 11.9. The van der Waals surface area contributed by atoms with Crippen LogP contribution in [0.4, 0.5) is 0 Å². The predicted molar refractivity (Wildman–Crippen MR) is 115 cm³/mol. The van der Waals surface area contributed by atoms with E-state index in [0.717, 1.165) is 18.4 Å². The number of carbonyl (C=O) groups is 1. The molecular weight excluding hydrogens is 383 g/mol. The van der Waals surface area contributed by atoms with Gasteiger partial charge < -0.3 is 4.74 Å². The van der Waals surface area contributed by atoms with Gasteiger partial charge in [0.1, 0.15) is 0 Å². The molecule has 2 atom stereocenters. The van der Waals surface area contributed by atoms with Gasteiger partial charge in [-0.15, -0.1) is 23.2 Å². The number of hydrogen-bond donors (Lipinski definition) is 0. The van der Waals surface area contributed by atoms with Crippen LogP contribution in [0.1, 0.15) is 68.7 Å². The highest BCUT2D eigenvalue weighted by Crippen LogP contribution is 2.21. The van der Waals surface area contributed by atoms with E-state index in [4.69, 9.17) is 27.9 Å². The molecular formula is C21H33Cl2O2Si. The number of esters is 1. The average molecular weight is 416 g/mol. The smallest absolute Gasteiger partial charge is 0.328 e. The van der Waals surface area contributed by atoms with E-state index in [9.17, 15) is 4.79 Å². The molecule has 0 aromatic heterocycles. The maximum Gasteiger partial charge on any atom is 0.328 e. The van der Waals surface area contributed by atoms with Crippen LogP contribution < -0.4 is 0 Å². The van der Waals surface area contributed by atoms with Gasteiger partial charge in [-0.3, -0.25) is 4.79 Å². The fraction of sp³-hybridized carbons (Fsp3) is 0.667. The zero-order valence-electron chi connectivity index (χ0n) is 16.2. The van der Waals surface area contributed by atoms with Gasteiger partial charge in [0.15, 0.2) is 5.38 Å². The normalized spacial score (nSPS) is 13.6. The van der Waals surface area contributed by atoms with E-state index in [1.54, 1.807) is 0 Å². The lowest BCUT2D eigenvalue weighted by Crippen LogP contribution is -2.17. The first-order valence-corrected chi connectivity index (χ1v) is 13.3. The quantitative estimate of drug-likeness (QED) is 0.142. The monoisotopic (exact) mass is 415 g/mol. The topological polar surface area (TPSA) is 26.3 Å². The van der Waals surface area contributed by atoms with Gasteiger partial charge in [0.2, 0.25) is 0 Å². The third-order valence-electron chi connectivity index (χ3n) is 4.52. The van der Waals surface area contributed by atoms with Crippen LogP contribution in [0.3, 0.4) is 0 Å². The molecule has 0 aliphatic carbocycles. The zero-order chi connectivity index (χ0) is 19.2. The van der Waals surface area contributed by atoms with Crippen LogP contribution in [0.2, 0.25) is 13.1 Å². The van der Waals surface area contributed by atoms with Crippen LogP contribution in [-0.4, -0.2) is 26.4 Å². The Hall–Kier alpha value is -0.513. The molecule has 1 rings (SSSR count).